The van der Waals surface area contributed by atoms with Gasteiger partial charge in [-0.2, -0.15) is 0 Å². The number of allylic oxidation sites excluding steroid dienone is 1. The number of rotatable bonds is 4. The summed E-state index contributed by atoms with van der Waals surface area (Å²) in [6.07, 6.45) is 3.87. The number of hydrogen-bond donors (Lipinski definition) is 2. The molecule has 0 saturated carbocycles. The van der Waals surface area contributed by atoms with Crippen molar-refractivity contribution >= 4 is 11.8 Å². The van der Waals surface area contributed by atoms with Crippen LogP contribution in [-0.2, 0) is 0 Å². The maximum atomic E-state index is 9.55. The van der Waals surface area contributed by atoms with Gasteiger partial charge in [0.05, 0.1) is 6.10 Å². The van der Waals surface area contributed by atoms with E-state index < -0.39 is 0 Å². The van der Waals surface area contributed by atoms with E-state index in [4.69, 9.17) is 0 Å². The maximum Gasteiger partial charge on any atom is 0.0857 e. The summed E-state index contributed by atoms with van der Waals surface area (Å²) < 4.78 is 0. The number of aliphatic hydroxyl groups excluding tert-OH is 1. The lowest BCUT2D eigenvalue weighted by molar-refractivity contribution is 0.209. The number of hydrogen-bond acceptors (Lipinski definition) is 3. The van der Waals surface area contributed by atoms with Crippen molar-refractivity contribution in [3.8, 4) is 0 Å². The highest BCUT2D eigenvalue weighted by atomic mass is 32.2. The molecule has 0 spiro atoms. The Labute approximate surface area is 72.1 Å². The lowest BCUT2D eigenvalue weighted by Crippen LogP contribution is -2.17. The van der Waals surface area contributed by atoms with E-state index >= 15 is 0 Å². The topological polar surface area (TPSA) is 32.3 Å². The predicted octanol–water partition coefficient (Wildman–Crippen LogP) is 0.978. The minimum Gasteiger partial charge on any atom is -0.388 e. The SMILES string of the molecule is CNCCC(O)C1=CCCS1. The summed E-state index contributed by atoms with van der Waals surface area (Å²) in [4.78, 5) is 1.17. The Morgan fingerprint density at radius 3 is 3.18 bits per heavy atom. The minimum absolute atomic E-state index is 0.227. The van der Waals surface area contributed by atoms with Crippen LogP contribution in [0, 0.1) is 0 Å². The van der Waals surface area contributed by atoms with E-state index in [0.29, 0.717) is 0 Å². The van der Waals surface area contributed by atoms with Crippen LogP contribution in [0.2, 0.25) is 0 Å². The monoisotopic (exact) mass is 173 g/mol. The molecule has 0 aliphatic carbocycles. The fraction of sp³-hybridized carbons (Fsp3) is 0.750. The fourth-order valence-corrected chi connectivity index (χ4v) is 2.11. The lowest BCUT2D eigenvalue weighted by Gasteiger charge is -2.09. The fourth-order valence-electron chi connectivity index (χ4n) is 1.09. The molecule has 0 bridgehead atoms. The van der Waals surface area contributed by atoms with Gasteiger partial charge in [-0.25, -0.2) is 0 Å². The molecule has 2 nitrogen and oxygen atoms in total. The smallest absolute Gasteiger partial charge is 0.0857 e. The predicted molar refractivity (Wildman–Crippen MR) is 49.7 cm³/mol. The largest absolute Gasteiger partial charge is 0.388 e. The van der Waals surface area contributed by atoms with Gasteiger partial charge in [0.15, 0.2) is 0 Å². The molecule has 1 rings (SSSR count). The zero-order valence-electron chi connectivity index (χ0n) is 6.84. The van der Waals surface area contributed by atoms with Gasteiger partial charge in [0.2, 0.25) is 0 Å². The molecule has 0 aromatic heterocycles. The summed E-state index contributed by atoms with van der Waals surface area (Å²) in [5.41, 5.74) is 0. The third-order valence-corrected chi connectivity index (χ3v) is 2.94. The second-order valence-electron chi connectivity index (χ2n) is 2.65. The van der Waals surface area contributed by atoms with Crippen molar-refractivity contribution in [2.24, 2.45) is 0 Å². The highest BCUT2D eigenvalue weighted by Crippen LogP contribution is 2.28. The molecule has 11 heavy (non-hydrogen) atoms. The summed E-state index contributed by atoms with van der Waals surface area (Å²) >= 11 is 1.78. The van der Waals surface area contributed by atoms with Gasteiger partial charge in [-0.3, -0.25) is 0 Å². The molecule has 0 amide bonds. The first-order chi connectivity index (χ1) is 5.34. The van der Waals surface area contributed by atoms with Crippen molar-refractivity contribution in [1.82, 2.24) is 5.32 Å². The Bertz CT molecular complexity index is 147. The van der Waals surface area contributed by atoms with E-state index in [1.165, 1.54) is 4.91 Å². The zero-order chi connectivity index (χ0) is 8.10. The van der Waals surface area contributed by atoms with E-state index in [0.717, 1.165) is 25.1 Å². The van der Waals surface area contributed by atoms with Gasteiger partial charge in [-0.15, -0.1) is 11.8 Å². The molecule has 0 aromatic rings. The van der Waals surface area contributed by atoms with Crippen LogP contribution in [-0.4, -0.2) is 30.6 Å². The van der Waals surface area contributed by atoms with Gasteiger partial charge in [-0.05, 0) is 26.4 Å². The van der Waals surface area contributed by atoms with Crippen LogP contribution in [0.15, 0.2) is 11.0 Å². The van der Waals surface area contributed by atoms with Crippen molar-refractivity contribution in [1.29, 1.82) is 0 Å². The first kappa shape index (κ1) is 9.10. The highest BCUT2D eigenvalue weighted by Gasteiger charge is 2.13. The van der Waals surface area contributed by atoms with Crippen molar-refractivity contribution < 1.29 is 5.11 Å². The quantitative estimate of drug-likeness (QED) is 0.664. The third kappa shape index (κ3) is 2.85. The minimum atomic E-state index is -0.227. The Morgan fingerprint density at radius 2 is 2.64 bits per heavy atom. The number of thioether (sulfide) groups is 1. The average molecular weight is 173 g/mol. The summed E-state index contributed by atoms with van der Waals surface area (Å²) in [7, 11) is 1.91. The summed E-state index contributed by atoms with van der Waals surface area (Å²) in [5.74, 6) is 1.14. The molecule has 1 atom stereocenters. The highest BCUT2D eigenvalue weighted by molar-refractivity contribution is 8.03. The molecule has 1 aliphatic rings. The van der Waals surface area contributed by atoms with Crippen LogP contribution in [0.4, 0.5) is 0 Å². The van der Waals surface area contributed by atoms with Gasteiger partial charge < -0.3 is 10.4 Å². The molecule has 2 N–H and O–H groups in total. The van der Waals surface area contributed by atoms with Crippen LogP contribution >= 0.6 is 11.8 Å². The van der Waals surface area contributed by atoms with E-state index in [1.54, 1.807) is 11.8 Å². The Balaban J connectivity index is 2.23. The summed E-state index contributed by atoms with van der Waals surface area (Å²) in [5, 5.41) is 12.6. The van der Waals surface area contributed by atoms with Crippen LogP contribution in [0.25, 0.3) is 0 Å². The summed E-state index contributed by atoms with van der Waals surface area (Å²) in [6, 6.07) is 0. The van der Waals surface area contributed by atoms with Crippen molar-refractivity contribution in [2.45, 2.75) is 18.9 Å². The van der Waals surface area contributed by atoms with E-state index in [9.17, 15) is 5.11 Å². The van der Waals surface area contributed by atoms with Crippen LogP contribution in [0.3, 0.4) is 0 Å². The molecule has 1 unspecified atom stereocenters. The molecule has 1 aliphatic heterocycles. The molecule has 0 fully saturated rings. The standard InChI is InChI=1S/C8H15NOS/c1-9-5-4-7(10)8-3-2-6-11-8/h3,7,9-10H,2,4-6H2,1H3. The van der Waals surface area contributed by atoms with Gasteiger partial charge in [0.1, 0.15) is 0 Å². The second kappa shape index (κ2) is 4.80. The third-order valence-electron chi connectivity index (χ3n) is 1.73. The van der Waals surface area contributed by atoms with E-state index in [2.05, 4.69) is 11.4 Å². The van der Waals surface area contributed by atoms with Gasteiger partial charge in [0.25, 0.3) is 0 Å². The van der Waals surface area contributed by atoms with Crippen molar-refractivity contribution in [2.75, 3.05) is 19.3 Å². The molecule has 3 heteroatoms. The Kier molecular flexibility index (Phi) is 3.97. The van der Waals surface area contributed by atoms with Crippen molar-refractivity contribution in [3.63, 3.8) is 0 Å². The van der Waals surface area contributed by atoms with Crippen LogP contribution < -0.4 is 5.32 Å². The molecule has 1 heterocycles. The second-order valence-corrected chi connectivity index (χ2v) is 3.82. The molecule has 0 aromatic carbocycles. The normalized spacial score (nSPS) is 20.0. The molecule has 0 radical (unpaired) electrons. The number of aliphatic hydroxyl groups is 1. The van der Waals surface area contributed by atoms with Crippen LogP contribution in [0.1, 0.15) is 12.8 Å². The first-order valence-corrected chi connectivity index (χ1v) is 4.98. The molecule has 64 valence electrons. The lowest BCUT2D eigenvalue weighted by atomic mass is 10.2. The molecule has 0 saturated heterocycles. The first-order valence-electron chi connectivity index (χ1n) is 4.00. The van der Waals surface area contributed by atoms with Crippen molar-refractivity contribution in [3.05, 3.63) is 11.0 Å². The van der Waals surface area contributed by atoms with Gasteiger partial charge in [0, 0.05) is 10.7 Å². The van der Waals surface area contributed by atoms with Crippen LogP contribution in [0.5, 0.6) is 0 Å². The Morgan fingerprint density at radius 1 is 1.82 bits per heavy atom. The van der Waals surface area contributed by atoms with Gasteiger partial charge in [-0.1, -0.05) is 6.08 Å². The van der Waals surface area contributed by atoms with Gasteiger partial charge >= 0.3 is 0 Å². The molecular weight excluding hydrogens is 158 g/mol. The zero-order valence-corrected chi connectivity index (χ0v) is 7.66. The van der Waals surface area contributed by atoms with E-state index in [1.807, 2.05) is 7.05 Å². The van der Waals surface area contributed by atoms with E-state index in [-0.39, 0.29) is 6.10 Å². The summed E-state index contributed by atoms with van der Waals surface area (Å²) in [6.45, 7) is 0.888. The average Bonchev–Trinajstić information content (AvgIpc) is 2.52. The Hall–Kier alpha value is 0.01000. The molecular formula is C8H15NOS. The maximum absolute atomic E-state index is 9.55. The number of nitrogens with one attached hydrogen (secondary N) is 1.